The fraction of sp³-hybridized carbons (Fsp3) is 0.250. The lowest BCUT2D eigenvalue weighted by Gasteiger charge is -2.22. The summed E-state index contributed by atoms with van der Waals surface area (Å²) in [7, 11) is 0. The van der Waals surface area contributed by atoms with Crippen LogP contribution in [0.15, 0.2) is 42.5 Å². The third kappa shape index (κ3) is 3.48. The number of hydrogen-bond acceptors (Lipinski definition) is 5. The fourth-order valence-electron chi connectivity index (χ4n) is 3.33. The van der Waals surface area contributed by atoms with E-state index in [1.54, 1.807) is 41.3 Å². The minimum atomic E-state index is -0.572. The van der Waals surface area contributed by atoms with Crippen LogP contribution in [0.4, 0.5) is 11.4 Å². The Labute approximate surface area is 161 Å². The van der Waals surface area contributed by atoms with Gasteiger partial charge in [0.2, 0.25) is 17.7 Å². The maximum Gasteiger partial charge on any atom is 0.248 e. The van der Waals surface area contributed by atoms with Crippen molar-refractivity contribution in [3.63, 3.8) is 0 Å². The van der Waals surface area contributed by atoms with Crippen molar-refractivity contribution >= 4 is 29.1 Å². The molecule has 144 valence electrons. The average Bonchev–Trinajstić information content (AvgIpc) is 3.09. The SMILES string of the molecule is NC(=O)c1cccc(NC(=O)[C@H]2CC(=O)N(c3ccc4c(c3)OCCO4)C2)c1. The van der Waals surface area contributed by atoms with Crippen molar-refractivity contribution in [1.29, 1.82) is 0 Å². The van der Waals surface area contributed by atoms with Crippen molar-refractivity contribution in [2.24, 2.45) is 11.7 Å². The van der Waals surface area contributed by atoms with Crippen LogP contribution in [-0.2, 0) is 9.59 Å². The third-order valence-electron chi connectivity index (χ3n) is 4.75. The van der Waals surface area contributed by atoms with Gasteiger partial charge in [-0.15, -0.1) is 0 Å². The second kappa shape index (κ2) is 7.22. The molecule has 2 heterocycles. The smallest absolute Gasteiger partial charge is 0.248 e. The summed E-state index contributed by atoms with van der Waals surface area (Å²) in [6, 6.07) is 11.7. The van der Waals surface area contributed by atoms with Crippen LogP contribution < -0.4 is 25.4 Å². The van der Waals surface area contributed by atoms with Crippen LogP contribution in [-0.4, -0.2) is 37.5 Å². The number of hydrogen-bond donors (Lipinski definition) is 2. The molecule has 3 amide bonds. The summed E-state index contributed by atoms with van der Waals surface area (Å²) in [6.07, 6.45) is 0.107. The van der Waals surface area contributed by atoms with E-state index in [1.807, 2.05) is 0 Å². The number of fused-ring (bicyclic) bond motifs is 1. The van der Waals surface area contributed by atoms with Gasteiger partial charge in [0.05, 0.1) is 5.92 Å². The number of nitrogens with one attached hydrogen (secondary N) is 1. The van der Waals surface area contributed by atoms with Gasteiger partial charge >= 0.3 is 0 Å². The maximum atomic E-state index is 12.6. The number of carbonyl (C=O) groups excluding carboxylic acids is 3. The van der Waals surface area contributed by atoms with Crippen LogP contribution in [0.25, 0.3) is 0 Å². The predicted molar refractivity (Wildman–Crippen MR) is 101 cm³/mol. The molecule has 0 bridgehead atoms. The van der Waals surface area contributed by atoms with Crippen molar-refractivity contribution in [2.75, 3.05) is 30.0 Å². The molecule has 1 saturated heterocycles. The van der Waals surface area contributed by atoms with Crippen molar-refractivity contribution in [3.8, 4) is 11.5 Å². The van der Waals surface area contributed by atoms with Gasteiger partial charge in [0, 0.05) is 36.0 Å². The second-order valence-corrected chi connectivity index (χ2v) is 6.67. The molecule has 2 aliphatic heterocycles. The maximum absolute atomic E-state index is 12.6. The summed E-state index contributed by atoms with van der Waals surface area (Å²) >= 11 is 0. The Morgan fingerprint density at radius 3 is 2.64 bits per heavy atom. The molecule has 2 aliphatic rings. The molecule has 0 aliphatic carbocycles. The quantitative estimate of drug-likeness (QED) is 0.835. The number of carbonyl (C=O) groups is 3. The van der Waals surface area contributed by atoms with Gasteiger partial charge in [-0.05, 0) is 30.3 Å². The standard InChI is InChI=1S/C20H19N3O5/c21-19(25)12-2-1-3-14(8-12)22-20(26)13-9-18(24)23(11-13)15-4-5-16-17(10-15)28-7-6-27-16/h1-5,8,10,13H,6-7,9,11H2,(H2,21,25)(H,22,26)/t13-/m0/s1. The highest BCUT2D eigenvalue weighted by Gasteiger charge is 2.35. The van der Waals surface area contributed by atoms with Crippen molar-refractivity contribution < 1.29 is 23.9 Å². The van der Waals surface area contributed by atoms with Gasteiger partial charge in [0.1, 0.15) is 13.2 Å². The molecule has 8 nitrogen and oxygen atoms in total. The molecule has 28 heavy (non-hydrogen) atoms. The number of rotatable bonds is 4. The van der Waals surface area contributed by atoms with Crippen molar-refractivity contribution in [1.82, 2.24) is 0 Å². The zero-order chi connectivity index (χ0) is 19.7. The van der Waals surface area contributed by atoms with Gasteiger partial charge in [0.15, 0.2) is 11.5 Å². The summed E-state index contributed by atoms with van der Waals surface area (Å²) in [6.45, 7) is 1.22. The average molecular weight is 381 g/mol. The molecular weight excluding hydrogens is 362 g/mol. The zero-order valence-corrected chi connectivity index (χ0v) is 15.0. The molecule has 2 aromatic carbocycles. The van der Waals surface area contributed by atoms with E-state index in [4.69, 9.17) is 15.2 Å². The Bertz CT molecular complexity index is 959. The van der Waals surface area contributed by atoms with E-state index in [0.717, 1.165) is 0 Å². The van der Waals surface area contributed by atoms with Gasteiger partial charge < -0.3 is 25.4 Å². The second-order valence-electron chi connectivity index (χ2n) is 6.67. The van der Waals surface area contributed by atoms with Gasteiger partial charge in [-0.3, -0.25) is 14.4 Å². The summed E-state index contributed by atoms with van der Waals surface area (Å²) in [5, 5.41) is 2.75. The van der Waals surface area contributed by atoms with E-state index in [0.29, 0.717) is 41.7 Å². The third-order valence-corrected chi connectivity index (χ3v) is 4.75. The molecule has 2 aromatic rings. The number of nitrogens with two attached hydrogens (primary N) is 1. The largest absolute Gasteiger partial charge is 0.486 e. The highest BCUT2D eigenvalue weighted by atomic mass is 16.6. The minimum Gasteiger partial charge on any atom is -0.486 e. The number of benzene rings is 2. The molecule has 8 heteroatoms. The van der Waals surface area contributed by atoms with Crippen LogP contribution in [0, 0.1) is 5.92 Å². The van der Waals surface area contributed by atoms with E-state index >= 15 is 0 Å². The van der Waals surface area contributed by atoms with Crippen molar-refractivity contribution in [3.05, 3.63) is 48.0 Å². The molecule has 1 atom stereocenters. The summed E-state index contributed by atoms with van der Waals surface area (Å²) in [5.41, 5.74) is 6.70. The summed E-state index contributed by atoms with van der Waals surface area (Å²) < 4.78 is 11.1. The molecule has 0 aromatic heterocycles. The van der Waals surface area contributed by atoms with E-state index < -0.39 is 11.8 Å². The molecule has 0 saturated carbocycles. The van der Waals surface area contributed by atoms with Crippen LogP contribution in [0.2, 0.25) is 0 Å². The van der Waals surface area contributed by atoms with E-state index in [9.17, 15) is 14.4 Å². The van der Waals surface area contributed by atoms with E-state index in [1.165, 1.54) is 6.07 Å². The van der Waals surface area contributed by atoms with E-state index in [-0.39, 0.29) is 24.8 Å². The Balaban J connectivity index is 1.46. The highest BCUT2D eigenvalue weighted by Crippen LogP contribution is 2.36. The van der Waals surface area contributed by atoms with Crippen LogP contribution in [0.1, 0.15) is 16.8 Å². The summed E-state index contributed by atoms with van der Waals surface area (Å²) in [4.78, 5) is 37.9. The van der Waals surface area contributed by atoms with Gasteiger partial charge in [-0.1, -0.05) is 6.07 Å². The monoisotopic (exact) mass is 381 g/mol. The van der Waals surface area contributed by atoms with Crippen LogP contribution in [0.5, 0.6) is 11.5 Å². The molecule has 4 rings (SSSR count). The Kier molecular flexibility index (Phi) is 4.60. The lowest BCUT2D eigenvalue weighted by Crippen LogP contribution is -2.28. The normalized spacial score (nSPS) is 18.1. The highest BCUT2D eigenvalue weighted by molar-refractivity contribution is 6.04. The Morgan fingerprint density at radius 1 is 1.07 bits per heavy atom. The molecular formula is C20H19N3O5. The molecule has 3 N–H and O–H groups in total. The number of primary amides is 1. The number of amides is 3. The van der Waals surface area contributed by atoms with Gasteiger partial charge in [0.25, 0.3) is 0 Å². The Hall–Kier alpha value is -3.55. The van der Waals surface area contributed by atoms with Gasteiger partial charge in [-0.25, -0.2) is 0 Å². The molecule has 0 radical (unpaired) electrons. The summed E-state index contributed by atoms with van der Waals surface area (Å²) in [5.74, 6) is -0.259. The predicted octanol–water partition coefficient (Wildman–Crippen LogP) is 1.55. The number of anilines is 2. The van der Waals surface area contributed by atoms with E-state index in [2.05, 4.69) is 5.32 Å². The topological polar surface area (TPSA) is 111 Å². The van der Waals surface area contributed by atoms with Gasteiger partial charge in [-0.2, -0.15) is 0 Å². The molecule has 1 fully saturated rings. The van der Waals surface area contributed by atoms with Crippen molar-refractivity contribution in [2.45, 2.75) is 6.42 Å². The molecule has 0 spiro atoms. The number of nitrogens with zero attached hydrogens (tertiary/aromatic N) is 1. The zero-order valence-electron chi connectivity index (χ0n) is 15.0. The Morgan fingerprint density at radius 2 is 1.86 bits per heavy atom. The first-order chi connectivity index (χ1) is 13.5. The van der Waals surface area contributed by atoms with Crippen LogP contribution in [0.3, 0.4) is 0 Å². The lowest BCUT2D eigenvalue weighted by atomic mass is 10.1. The number of ether oxygens (including phenoxy) is 2. The lowest BCUT2D eigenvalue weighted by molar-refractivity contribution is -0.122. The first kappa shape index (κ1) is 17.8. The fourth-order valence-corrected chi connectivity index (χ4v) is 3.33. The minimum absolute atomic E-state index is 0.107. The molecule has 0 unspecified atom stereocenters. The van der Waals surface area contributed by atoms with Crippen LogP contribution >= 0.6 is 0 Å². The first-order valence-electron chi connectivity index (χ1n) is 8.92. The first-order valence-corrected chi connectivity index (χ1v) is 8.92.